The van der Waals surface area contributed by atoms with E-state index in [2.05, 4.69) is 19.5 Å². The van der Waals surface area contributed by atoms with Crippen LogP contribution in [-0.2, 0) is 0 Å². The number of furan rings is 1. The second-order valence-electron chi connectivity index (χ2n) is 5.81. The number of nitrogens with zero attached hydrogens (tertiary/aromatic N) is 4. The summed E-state index contributed by atoms with van der Waals surface area (Å²) >= 11 is 0. The second-order valence-corrected chi connectivity index (χ2v) is 5.81. The summed E-state index contributed by atoms with van der Waals surface area (Å²) in [7, 11) is 0. The predicted octanol–water partition coefficient (Wildman–Crippen LogP) is 3.29. The van der Waals surface area contributed by atoms with Gasteiger partial charge in [0.25, 0.3) is 0 Å². The third-order valence-corrected chi connectivity index (χ3v) is 4.40. The Kier molecular flexibility index (Phi) is 3.33. The minimum atomic E-state index is -1.09. The molecule has 23 heavy (non-hydrogen) atoms. The summed E-state index contributed by atoms with van der Waals surface area (Å²) in [4.78, 5) is 24.2. The molecule has 0 amide bonds. The van der Waals surface area contributed by atoms with Gasteiger partial charge in [-0.25, -0.2) is 19.7 Å². The summed E-state index contributed by atoms with van der Waals surface area (Å²) in [6.45, 7) is 0. The molecule has 7 heteroatoms. The number of carboxylic acid groups (broad SMARTS) is 1. The van der Waals surface area contributed by atoms with Crippen molar-refractivity contribution in [1.82, 2.24) is 19.5 Å². The highest BCUT2D eigenvalue weighted by Gasteiger charge is 2.26. The second kappa shape index (κ2) is 5.49. The standard InChI is InChI=1S/C16H16N4O3/c21-16(22)13-12-15(18-9-17-13)20(11-4-2-1-3-5-11)14(19-12)10-6-7-23-8-10/h6-9,11H,1-5H2,(H,21,22). The van der Waals surface area contributed by atoms with E-state index >= 15 is 0 Å². The molecule has 0 spiro atoms. The molecule has 1 aliphatic carbocycles. The average molecular weight is 312 g/mol. The minimum absolute atomic E-state index is 0.0608. The normalized spacial score (nSPS) is 16.0. The summed E-state index contributed by atoms with van der Waals surface area (Å²) in [6.07, 6.45) is 10.1. The lowest BCUT2D eigenvalue weighted by Gasteiger charge is -2.24. The van der Waals surface area contributed by atoms with Gasteiger partial charge >= 0.3 is 5.97 Å². The molecule has 0 aliphatic heterocycles. The van der Waals surface area contributed by atoms with Gasteiger partial charge in [0.05, 0.1) is 11.8 Å². The van der Waals surface area contributed by atoms with Gasteiger partial charge in [0, 0.05) is 6.04 Å². The fourth-order valence-electron chi connectivity index (χ4n) is 3.35. The van der Waals surface area contributed by atoms with Crippen LogP contribution in [0.5, 0.6) is 0 Å². The molecule has 3 heterocycles. The highest BCUT2D eigenvalue weighted by Crippen LogP contribution is 2.35. The van der Waals surface area contributed by atoms with E-state index in [-0.39, 0.29) is 11.7 Å². The van der Waals surface area contributed by atoms with Gasteiger partial charge in [-0.2, -0.15) is 0 Å². The van der Waals surface area contributed by atoms with Crippen molar-refractivity contribution in [3.05, 3.63) is 30.6 Å². The molecule has 118 valence electrons. The average Bonchev–Trinajstić information content (AvgIpc) is 3.22. The number of hydrogen-bond acceptors (Lipinski definition) is 5. The van der Waals surface area contributed by atoms with E-state index in [4.69, 9.17) is 4.42 Å². The number of fused-ring (bicyclic) bond motifs is 1. The Hall–Kier alpha value is -2.70. The van der Waals surface area contributed by atoms with E-state index in [1.807, 2.05) is 6.07 Å². The lowest BCUT2D eigenvalue weighted by Crippen LogP contribution is -2.14. The van der Waals surface area contributed by atoms with Crippen molar-refractivity contribution in [2.24, 2.45) is 0 Å². The molecule has 0 atom stereocenters. The van der Waals surface area contributed by atoms with Crippen LogP contribution in [0, 0.1) is 0 Å². The zero-order chi connectivity index (χ0) is 15.8. The van der Waals surface area contributed by atoms with Gasteiger partial charge in [0.1, 0.15) is 23.9 Å². The van der Waals surface area contributed by atoms with Crippen molar-refractivity contribution in [3.8, 4) is 11.4 Å². The fraction of sp³-hybridized carbons (Fsp3) is 0.375. The molecule has 0 saturated heterocycles. The molecule has 3 aromatic heterocycles. The van der Waals surface area contributed by atoms with Crippen LogP contribution < -0.4 is 0 Å². The number of carbonyl (C=O) groups is 1. The van der Waals surface area contributed by atoms with Gasteiger partial charge in [-0.05, 0) is 18.9 Å². The van der Waals surface area contributed by atoms with Crippen molar-refractivity contribution < 1.29 is 14.3 Å². The number of aromatic nitrogens is 4. The van der Waals surface area contributed by atoms with Crippen molar-refractivity contribution >= 4 is 17.1 Å². The van der Waals surface area contributed by atoms with E-state index < -0.39 is 5.97 Å². The predicted molar refractivity (Wildman–Crippen MR) is 82.1 cm³/mol. The van der Waals surface area contributed by atoms with Crippen LogP contribution in [0.15, 0.2) is 29.3 Å². The maximum absolute atomic E-state index is 11.4. The fourth-order valence-corrected chi connectivity index (χ4v) is 3.35. The Bertz CT molecular complexity index is 848. The topological polar surface area (TPSA) is 94.0 Å². The SMILES string of the molecule is O=C(O)c1ncnc2c1nc(-c1ccoc1)n2C1CCCCC1. The third kappa shape index (κ3) is 2.28. The number of aromatic carboxylic acids is 1. The Morgan fingerprint density at radius 2 is 2.09 bits per heavy atom. The van der Waals surface area contributed by atoms with Crippen molar-refractivity contribution in [1.29, 1.82) is 0 Å². The Morgan fingerprint density at radius 1 is 1.26 bits per heavy atom. The van der Waals surface area contributed by atoms with Crippen molar-refractivity contribution in [2.75, 3.05) is 0 Å². The smallest absolute Gasteiger partial charge is 0.356 e. The maximum atomic E-state index is 11.4. The Balaban J connectivity index is 1.98. The highest BCUT2D eigenvalue weighted by atomic mass is 16.4. The summed E-state index contributed by atoms with van der Waals surface area (Å²) < 4.78 is 7.24. The van der Waals surface area contributed by atoms with E-state index in [0.717, 1.165) is 31.2 Å². The lowest BCUT2D eigenvalue weighted by molar-refractivity contribution is 0.0692. The molecule has 1 N–H and O–H groups in total. The van der Waals surface area contributed by atoms with Gasteiger partial charge in [0.2, 0.25) is 0 Å². The molecular weight excluding hydrogens is 296 g/mol. The van der Waals surface area contributed by atoms with E-state index in [1.54, 1.807) is 12.5 Å². The van der Waals surface area contributed by atoms with Crippen molar-refractivity contribution in [2.45, 2.75) is 38.1 Å². The number of hydrogen-bond donors (Lipinski definition) is 1. The Morgan fingerprint density at radius 3 is 2.78 bits per heavy atom. The van der Waals surface area contributed by atoms with Gasteiger partial charge in [-0.3, -0.25) is 0 Å². The molecular formula is C16H16N4O3. The molecule has 3 aromatic rings. The first kappa shape index (κ1) is 13.9. The zero-order valence-electron chi connectivity index (χ0n) is 12.5. The number of rotatable bonds is 3. The zero-order valence-corrected chi connectivity index (χ0v) is 12.5. The molecule has 7 nitrogen and oxygen atoms in total. The van der Waals surface area contributed by atoms with Crippen LogP contribution in [0.4, 0.5) is 0 Å². The van der Waals surface area contributed by atoms with Gasteiger partial charge in [-0.15, -0.1) is 0 Å². The summed E-state index contributed by atoms with van der Waals surface area (Å²) in [5.74, 6) is -0.395. The number of carboxylic acids is 1. The molecule has 0 unspecified atom stereocenters. The van der Waals surface area contributed by atoms with Crippen LogP contribution in [0.2, 0.25) is 0 Å². The molecule has 1 fully saturated rings. The summed E-state index contributed by atoms with van der Waals surface area (Å²) in [6, 6.07) is 2.10. The lowest BCUT2D eigenvalue weighted by atomic mass is 9.95. The van der Waals surface area contributed by atoms with Crippen LogP contribution in [0.3, 0.4) is 0 Å². The molecule has 0 radical (unpaired) electrons. The molecule has 0 bridgehead atoms. The van der Waals surface area contributed by atoms with Gasteiger partial charge < -0.3 is 14.1 Å². The van der Waals surface area contributed by atoms with Crippen LogP contribution in [0.25, 0.3) is 22.6 Å². The first-order valence-electron chi connectivity index (χ1n) is 7.74. The van der Waals surface area contributed by atoms with E-state index in [0.29, 0.717) is 17.0 Å². The first-order chi connectivity index (χ1) is 11.3. The van der Waals surface area contributed by atoms with Crippen molar-refractivity contribution in [3.63, 3.8) is 0 Å². The minimum Gasteiger partial charge on any atom is -0.476 e. The third-order valence-electron chi connectivity index (χ3n) is 4.40. The van der Waals surface area contributed by atoms with E-state index in [9.17, 15) is 9.90 Å². The Labute approximate surface area is 132 Å². The monoisotopic (exact) mass is 312 g/mol. The van der Waals surface area contributed by atoms with Crippen LogP contribution >= 0.6 is 0 Å². The van der Waals surface area contributed by atoms with Gasteiger partial charge in [-0.1, -0.05) is 19.3 Å². The largest absolute Gasteiger partial charge is 0.476 e. The highest BCUT2D eigenvalue weighted by molar-refractivity contribution is 5.98. The summed E-state index contributed by atoms with van der Waals surface area (Å²) in [5.41, 5.74) is 1.68. The quantitative estimate of drug-likeness (QED) is 0.797. The van der Waals surface area contributed by atoms with Crippen LogP contribution in [0.1, 0.15) is 48.6 Å². The summed E-state index contributed by atoms with van der Waals surface area (Å²) in [5, 5.41) is 9.37. The molecule has 4 rings (SSSR count). The van der Waals surface area contributed by atoms with Crippen LogP contribution in [-0.4, -0.2) is 30.6 Å². The number of imidazole rings is 1. The molecule has 1 aliphatic rings. The maximum Gasteiger partial charge on any atom is 0.356 e. The molecule has 1 saturated carbocycles. The van der Waals surface area contributed by atoms with Gasteiger partial charge in [0.15, 0.2) is 11.3 Å². The first-order valence-corrected chi connectivity index (χ1v) is 7.74. The van der Waals surface area contributed by atoms with E-state index in [1.165, 1.54) is 12.7 Å². The molecule has 0 aromatic carbocycles.